The Balaban J connectivity index is 2.28. The Morgan fingerprint density at radius 2 is 1.70 bits per heavy atom. The molecule has 0 unspecified atom stereocenters. The summed E-state index contributed by atoms with van der Waals surface area (Å²) in [5, 5.41) is 3.33. The van der Waals surface area contributed by atoms with Crippen LogP contribution in [0.2, 0.25) is 5.02 Å². The van der Waals surface area contributed by atoms with Crippen molar-refractivity contribution in [1.29, 1.82) is 0 Å². The molecule has 0 aliphatic carbocycles. The van der Waals surface area contributed by atoms with Crippen LogP contribution in [-0.2, 0) is 21.4 Å². The van der Waals surface area contributed by atoms with Crippen molar-refractivity contribution in [2.45, 2.75) is 25.3 Å². The van der Waals surface area contributed by atoms with Gasteiger partial charge in [0.15, 0.2) is 0 Å². The van der Waals surface area contributed by atoms with Gasteiger partial charge in [-0.1, -0.05) is 53.5 Å². The molecule has 0 aromatic heterocycles. The summed E-state index contributed by atoms with van der Waals surface area (Å²) in [5.41, 5.74) is 0.747. The van der Waals surface area contributed by atoms with Crippen LogP contribution < -0.4 is 5.32 Å². The van der Waals surface area contributed by atoms with Crippen LogP contribution in [0.1, 0.15) is 19.4 Å². The Labute approximate surface area is 173 Å². The Bertz CT molecular complexity index is 869. The molecule has 8 heteroatoms. The van der Waals surface area contributed by atoms with Crippen LogP contribution in [0.3, 0.4) is 0 Å². The molecule has 0 fully saturated rings. The third kappa shape index (κ3) is 6.60. The summed E-state index contributed by atoms with van der Waals surface area (Å²) in [4.78, 5) is 12.4. The van der Waals surface area contributed by atoms with E-state index in [2.05, 4.69) is 21.2 Å². The maximum Gasteiger partial charge on any atom is 0.243 e. The van der Waals surface area contributed by atoms with E-state index in [1.54, 1.807) is 36.4 Å². The summed E-state index contributed by atoms with van der Waals surface area (Å²) in [6.07, 6.45) is 0. The number of rotatable bonds is 8. The first-order valence-corrected chi connectivity index (χ1v) is 11.1. The molecule has 1 N–H and O–H groups in total. The first-order chi connectivity index (χ1) is 12.7. The van der Waals surface area contributed by atoms with Crippen LogP contribution >= 0.6 is 27.5 Å². The zero-order valence-corrected chi connectivity index (χ0v) is 18.3. The molecule has 2 rings (SSSR count). The Morgan fingerprint density at radius 1 is 1.11 bits per heavy atom. The molecular formula is C19H22BrClN2O3S. The predicted octanol–water partition coefficient (Wildman–Crippen LogP) is 4.07. The normalized spacial score (nSPS) is 11.8. The predicted molar refractivity (Wildman–Crippen MR) is 111 cm³/mol. The van der Waals surface area contributed by atoms with Gasteiger partial charge in [0.25, 0.3) is 0 Å². The summed E-state index contributed by atoms with van der Waals surface area (Å²) < 4.78 is 28.1. The van der Waals surface area contributed by atoms with Crippen molar-refractivity contribution in [3.8, 4) is 0 Å². The Morgan fingerprint density at radius 3 is 2.26 bits per heavy atom. The highest BCUT2D eigenvalue weighted by Gasteiger charge is 2.27. The highest BCUT2D eigenvalue weighted by atomic mass is 79.9. The van der Waals surface area contributed by atoms with Gasteiger partial charge in [0, 0.05) is 22.6 Å². The lowest BCUT2D eigenvalue weighted by Crippen LogP contribution is -2.41. The molecule has 2 aromatic carbocycles. The van der Waals surface area contributed by atoms with Gasteiger partial charge < -0.3 is 5.32 Å². The number of carbonyl (C=O) groups is 1. The SMILES string of the molecule is CC(C)CNC(=O)CN(Cc1ccc(Cl)cc1)S(=O)(=O)c1ccc(Br)cc1. The van der Waals surface area contributed by atoms with Gasteiger partial charge in [0.2, 0.25) is 15.9 Å². The van der Waals surface area contributed by atoms with E-state index in [-0.39, 0.29) is 29.8 Å². The quantitative estimate of drug-likeness (QED) is 0.628. The molecule has 2 aromatic rings. The second-order valence-corrected chi connectivity index (χ2v) is 9.84. The molecule has 0 aliphatic heterocycles. The van der Waals surface area contributed by atoms with E-state index in [0.717, 1.165) is 10.0 Å². The van der Waals surface area contributed by atoms with Gasteiger partial charge in [-0.05, 0) is 47.9 Å². The number of amides is 1. The number of benzene rings is 2. The van der Waals surface area contributed by atoms with E-state index in [1.165, 1.54) is 16.4 Å². The molecule has 0 saturated heterocycles. The van der Waals surface area contributed by atoms with E-state index in [4.69, 9.17) is 11.6 Å². The first-order valence-electron chi connectivity index (χ1n) is 8.45. The van der Waals surface area contributed by atoms with Crippen LogP contribution in [0.15, 0.2) is 57.9 Å². The third-order valence-electron chi connectivity index (χ3n) is 3.75. The molecule has 1 amide bonds. The molecule has 0 atom stereocenters. The third-order valence-corrected chi connectivity index (χ3v) is 6.34. The van der Waals surface area contributed by atoms with E-state index in [1.807, 2.05) is 13.8 Å². The fourth-order valence-electron chi connectivity index (χ4n) is 2.31. The van der Waals surface area contributed by atoms with Gasteiger partial charge in [-0.3, -0.25) is 4.79 Å². The Kier molecular flexibility index (Phi) is 7.85. The number of hydrogen-bond donors (Lipinski definition) is 1. The van der Waals surface area contributed by atoms with E-state index < -0.39 is 10.0 Å². The van der Waals surface area contributed by atoms with Crippen molar-refractivity contribution >= 4 is 43.5 Å². The molecule has 0 saturated carbocycles. The fourth-order valence-corrected chi connectivity index (χ4v) is 4.08. The molecular weight excluding hydrogens is 452 g/mol. The lowest BCUT2D eigenvalue weighted by atomic mass is 10.2. The second-order valence-electron chi connectivity index (χ2n) is 6.55. The lowest BCUT2D eigenvalue weighted by Gasteiger charge is -2.22. The standard InChI is InChI=1S/C19H22BrClN2O3S/c1-14(2)11-22-19(24)13-23(12-15-3-7-17(21)8-4-15)27(25,26)18-9-5-16(20)6-10-18/h3-10,14H,11-13H2,1-2H3,(H,22,24). The molecule has 0 heterocycles. The van der Waals surface area contributed by atoms with Gasteiger partial charge in [-0.15, -0.1) is 0 Å². The van der Waals surface area contributed by atoms with Gasteiger partial charge in [0.05, 0.1) is 11.4 Å². The molecule has 0 aliphatic rings. The second kappa shape index (κ2) is 9.68. The smallest absolute Gasteiger partial charge is 0.243 e. The van der Waals surface area contributed by atoms with Crippen molar-refractivity contribution in [3.05, 3.63) is 63.6 Å². The highest BCUT2D eigenvalue weighted by molar-refractivity contribution is 9.10. The average Bonchev–Trinajstić information content (AvgIpc) is 2.61. The van der Waals surface area contributed by atoms with Gasteiger partial charge in [0.1, 0.15) is 0 Å². The van der Waals surface area contributed by atoms with E-state index >= 15 is 0 Å². The number of nitrogens with one attached hydrogen (secondary N) is 1. The average molecular weight is 474 g/mol. The number of carbonyl (C=O) groups excluding carboxylic acids is 1. The Hall–Kier alpha value is -1.41. The van der Waals surface area contributed by atoms with Crippen LogP contribution in [0, 0.1) is 5.92 Å². The maximum atomic E-state index is 13.1. The van der Waals surface area contributed by atoms with Crippen LogP contribution in [-0.4, -0.2) is 31.7 Å². The summed E-state index contributed by atoms with van der Waals surface area (Å²) >= 11 is 9.20. The number of hydrogen-bond acceptors (Lipinski definition) is 3. The summed E-state index contributed by atoms with van der Waals surface area (Å²) in [6, 6.07) is 13.2. The minimum atomic E-state index is -3.84. The fraction of sp³-hybridized carbons (Fsp3) is 0.316. The summed E-state index contributed by atoms with van der Waals surface area (Å²) in [5.74, 6) is -0.0555. The van der Waals surface area contributed by atoms with E-state index in [9.17, 15) is 13.2 Å². The topological polar surface area (TPSA) is 66.5 Å². The molecule has 0 radical (unpaired) electrons. The largest absolute Gasteiger partial charge is 0.355 e. The summed E-state index contributed by atoms with van der Waals surface area (Å²) in [7, 11) is -3.84. The minimum absolute atomic E-state index is 0.0741. The van der Waals surface area contributed by atoms with Crippen LogP contribution in [0.4, 0.5) is 0 Å². The van der Waals surface area contributed by atoms with Crippen LogP contribution in [0.5, 0.6) is 0 Å². The number of halogens is 2. The van der Waals surface area contributed by atoms with Crippen molar-refractivity contribution < 1.29 is 13.2 Å². The van der Waals surface area contributed by atoms with Gasteiger partial charge in [-0.25, -0.2) is 8.42 Å². The molecule has 0 spiro atoms. The summed E-state index contributed by atoms with van der Waals surface area (Å²) in [6.45, 7) is 4.26. The monoisotopic (exact) mass is 472 g/mol. The number of sulfonamides is 1. The van der Waals surface area contributed by atoms with Gasteiger partial charge in [-0.2, -0.15) is 4.31 Å². The first kappa shape index (κ1) is 21.9. The maximum absolute atomic E-state index is 13.1. The zero-order valence-electron chi connectivity index (χ0n) is 15.2. The van der Waals surface area contributed by atoms with Crippen molar-refractivity contribution in [3.63, 3.8) is 0 Å². The van der Waals surface area contributed by atoms with E-state index in [0.29, 0.717) is 11.6 Å². The lowest BCUT2D eigenvalue weighted by molar-refractivity contribution is -0.121. The highest BCUT2D eigenvalue weighted by Crippen LogP contribution is 2.21. The van der Waals surface area contributed by atoms with Crippen LogP contribution in [0.25, 0.3) is 0 Å². The molecule has 0 bridgehead atoms. The van der Waals surface area contributed by atoms with Crippen molar-refractivity contribution in [2.24, 2.45) is 5.92 Å². The number of nitrogens with zero attached hydrogens (tertiary/aromatic N) is 1. The van der Waals surface area contributed by atoms with Crippen molar-refractivity contribution in [1.82, 2.24) is 9.62 Å². The molecule has 5 nitrogen and oxygen atoms in total. The van der Waals surface area contributed by atoms with Gasteiger partial charge >= 0.3 is 0 Å². The zero-order chi connectivity index (χ0) is 20.0. The molecule has 27 heavy (non-hydrogen) atoms. The minimum Gasteiger partial charge on any atom is -0.355 e. The molecule has 146 valence electrons. The van der Waals surface area contributed by atoms with Crippen molar-refractivity contribution in [2.75, 3.05) is 13.1 Å².